The van der Waals surface area contributed by atoms with Gasteiger partial charge in [0.25, 0.3) is 0 Å². The zero-order valence-corrected chi connectivity index (χ0v) is 73.9. The van der Waals surface area contributed by atoms with E-state index in [0.29, 0.717) is 0 Å². The molecule has 0 amide bonds. The van der Waals surface area contributed by atoms with Gasteiger partial charge in [0.1, 0.15) is 0 Å². The number of aryl methyl sites for hydroxylation is 6. The highest BCUT2D eigenvalue weighted by atomic mass is 14.3. The van der Waals surface area contributed by atoms with Gasteiger partial charge in [-0.1, -0.05) is 443 Å². The number of fused-ring (bicyclic) bond motifs is 13. The van der Waals surface area contributed by atoms with E-state index in [-0.39, 0.29) is 0 Å². The van der Waals surface area contributed by atoms with E-state index >= 15 is 0 Å². The van der Waals surface area contributed by atoms with Crippen LogP contribution in [0.4, 0.5) is 0 Å². The molecule has 0 saturated heterocycles. The van der Waals surface area contributed by atoms with Crippen LogP contribution in [0.2, 0.25) is 0 Å². The van der Waals surface area contributed by atoms with Crippen molar-refractivity contribution in [1.82, 2.24) is 0 Å². The van der Waals surface area contributed by atoms with Crippen molar-refractivity contribution in [3.05, 3.63) is 494 Å². The van der Waals surface area contributed by atoms with Crippen LogP contribution in [-0.4, -0.2) is 0 Å². The summed E-state index contributed by atoms with van der Waals surface area (Å²) in [5.74, 6) is 0. The Labute approximate surface area is 759 Å². The van der Waals surface area contributed by atoms with E-state index in [0.717, 1.165) is 0 Å². The van der Waals surface area contributed by atoms with Gasteiger partial charge in [0, 0.05) is 0 Å². The van der Waals surface area contributed by atoms with Gasteiger partial charge in [-0.05, 0) is 322 Å². The summed E-state index contributed by atoms with van der Waals surface area (Å²) >= 11 is 0. The van der Waals surface area contributed by atoms with Crippen LogP contribution in [0.15, 0.2) is 461 Å². The van der Waals surface area contributed by atoms with E-state index in [1.165, 1.54) is 262 Å². The molecule has 0 spiro atoms. The molecule has 25 aromatic rings. The Balaban J connectivity index is 0.000000102. The third kappa shape index (κ3) is 14.4. The number of hydrogen-bond donors (Lipinski definition) is 0. The smallest absolute Gasteiger partial charge is 0.00200 e. The molecule has 130 heavy (non-hydrogen) atoms. The van der Waals surface area contributed by atoms with Crippen molar-refractivity contribution in [2.24, 2.45) is 0 Å². The summed E-state index contributed by atoms with van der Waals surface area (Å²) in [7, 11) is 0. The van der Waals surface area contributed by atoms with Gasteiger partial charge in [-0.2, -0.15) is 0 Å². The van der Waals surface area contributed by atoms with Gasteiger partial charge < -0.3 is 0 Å². The van der Waals surface area contributed by atoms with Crippen molar-refractivity contribution in [2.45, 2.75) is 41.5 Å². The van der Waals surface area contributed by atoms with E-state index in [1.54, 1.807) is 0 Å². The lowest BCUT2D eigenvalue weighted by Gasteiger charge is -2.21. The lowest BCUT2D eigenvalue weighted by molar-refractivity contribution is 1.37. The predicted octanol–water partition coefficient (Wildman–Crippen LogP) is 36.9. The Kier molecular flexibility index (Phi) is 20.9. The second kappa shape index (κ2) is 34.0. The molecule has 0 heterocycles. The topological polar surface area (TPSA) is 0 Å². The maximum Gasteiger partial charge on any atom is -0.00200 e. The van der Waals surface area contributed by atoms with Crippen molar-refractivity contribution in [2.75, 3.05) is 0 Å². The highest BCUT2D eigenvalue weighted by molar-refractivity contribution is 6.28. The third-order valence-electron chi connectivity index (χ3n) is 27.3. The third-order valence-corrected chi connectivity index (χ3v) is 27.3. The molecule has 0 bridgehead atoms. The molecular formula is C130H94. The van der Waals surface area contributed by atoms with Crippen molar-refractivity contribution >= 4 is 140 Å². The summed E-state index contributed by atoms with van der Waals surface area (Å²) < 4.78 is 0. The lowest BCUT2D eigenvalue weighted by atomic mass is 9.82. The largest absolute Gasteiger partial charge is 0.0622 e. The Morgan fingerprint density at radius 3 is 0.538 bits per heavy atom. The molecule has 614 valence electrons. The molecule has 25 aromatic carbocycles. The zero-order chi connectivity index (χ0) is 87.5. The molecule has 0 nitrogen and oxygen atoms in total. The fraction of sp³-hybridized carbons (Fsp3) is 0.0462. The summed E-state index contributed by atoms with van der Waals surface area (Å²) in [4.78, 5) is 0. The highest BCUT2D eigenvalue weighted by Crippen LogP contribution is 2.52. The van der Waals surface area contributed by atoms with Crippen LogP contribution < -0.4 is 0 Å². The van der Waals surface area contributed by atoms with Crippen LogP contribution in [0.3, 0.4) is 0 Å². The average molecular weight is 1660 g/mol. The van der Waals surface area contributed by atoms with Crippen LogP contribution >= 0.6 is 0 Å². The first-order valence-electron chi connectivity index (χ1n) is 45.4. The SMILES string of the molecule is Cc1cc2c(-c3ccc4ccccc4c3)c3ccccc3c(-c3ccc4ccccc4c3)c2cc1C.Cc1cc2c(-c3cccc4ccccc34)c3ccccc3c(-c3cccc4ccccc34)c2cc1C.Cc1cc2c(-c3ccccc3)c3ccccc3c(-c3ccccc3)c2cc1C.c1ccc(-c2c3ccccc3c(-c3ccc4ccccc4c3)c3ccccc23)cc1. The van der Waals surface area contributed by atoms with Crippen molar-refractivity contribution < 1.29 is 0 Å². The van der Waals surface area contributed by atoms with Gasteiger partial charge in [-0.3, -0.25) is 0 Å². The molecule has 0 radical (unpaired) electrons. The zero-order valence-electron chi connectivity index (χ0n) is 73.9. The summed E-state index contributed by atoms with van der Waals surface area (Å²) in [5, 5.41) is 33.7. The molecular weight excluding hydrogens is 1560 g/mol. The monoisotopic (exact) mass is 1650 g/mol. The van der Waals surface area contributed by atoms with Gasteiger partial charge in [0.2, 0.25) is 0 Å². The highest BCUT2D eigenvalue weighted by Gasteiger charge is 2.25. The van der Waals surface area contributed by atoms with E-state index in [9.17, 15) is 0 Å². The second-order valence-electron chi connectivity index (χ2n) is 35.0. The molecule has 25 rings (SSSR count). The molecule has 0 unspecified atom stereocenters. The van der Waals surface area contributed by atoms with E-state index < -0.39 is 0 Å². The van der Waals surface area contributed by atoms with Crippen LogP contribution in [0.1, 0.15) is 33.4 Å². The van der Waals surface area contributed by atoms with Crippen molar-refractivity contribution in [1.29, 1.82) is 0 Å². The van der Waals surface area contributed by atoms with Crippen LogP contribution in [0.25, 0.3) is 229 Å². The van der Waals surface area contributed by atoms with Crippen molar-refractivity contribution in [3.63, 3.8) is 0 Å². The summed E-state index contributed by atoms with van der Waals surface area (Å²) in [6, 6.07) is 168. The molecule has 0 aliphatic carbocycles. The predicted molar refractivity (Wildman–Crippen MR) is 565 cm³/mol. The number of hydrogen-bond acceptors (Lipinski definition) is 0. The summed E-state index contributed by atoms with van der Waals surface area (Å²) in [5.41, 5.74) is 28.7. The minimum Gasteiger partial charge on any atom is -0.0622 e. The standard InChI is InChI=1S/2C36H26.C30H20.C28H22/c1-23-21-33-34(22-24(23)2)36(30-20-10-14-26-12-4-6-16-28(26)30)32-18-8-7-17-31(32)35(33)29-19-9-13-25-11-3-5-15-27(25)29;1-23-19-33-34(20-24(23)2)36(30-18-16-26-10-4-6-12-28(26)22-30)32-14-8-7-13-31(32)35(33)29-17-15-25-9-3-5-11-27(25)21-29;1-2-11-22(12-3-1)29-25-14-6-8-16-27(25)30(28-17-9-7-15-26(28)29)24-19-18-21-10-4-5-13-23(21)20-24;1-19-17-25-26(18-20(19)2)28(22-13-7-4-8-14-22)24-16-10-9-15-23(24)27(25)21-11-5-3-6-12-21/h2*3-22H,1-2H3;1-20H;3-18H,1-2H3. The first-order valence-corrected chi connectivity index (χ1v) is 45.4. The van der Waals surface area contributed by atoms with Crippen LogP contribution in [-0.2, 0) is 0 Å². The Morgan fingerprint density at radius 1 is 0.100 bits per heavy atom. The first kappa shape index (κ1) is 79.8. The van der Waals surface area contributed by atoms with Gasteiger partial charge in [-0.15, -0.1) is 0 Å². The molecule has 0 aliphatic heterocycles. The maximum absolute atomic E-state index is 2.41. The van der Waals surface area contributed by atoms with E-state index in [2.05, 4.69) is 503 Å². The summed E-state index contributed by atoms with van der Waals surface area (Å²) in [6.45, 7) is 13.3. The minimum absolute atomic E-state index is 1.26. The van der Waals surface area contributed by atoms with Crippen LogP contribution in [0.5, 0.6) is 0 Å². The molecule has 0 fully saturated rings. The molecule has 0 saturated carbocycles. The minimum atomic E-state index is 1.26. The molecule has 0 heteroatoms. The second-order valence-corrected chi connectivity index (χ2v) is 35.0. The average Bonchev–Trinajstić information content (AvgIpc) is 0.729. The van der Waals surface area contributed by atoms with Gasteiger partial charge in [0.15, 0.2) is 0 Å². The maximum atomic E-state index is 2.41. The van der Waals surface area contributed by atoms with E-state index in [1.807, 2.05) is 0 Å². The summed E-state index contributed by atoms with van der Waals surface area (Å²) in [6.07, 6.45) is 0. The van der Waals surface area contributed by atoms with Gasteiger partial charge in [-0.25, -0.2) is 0 Å². The fourth-order valence-electron chi connectivity index (χ4n) is 20.6. The Bertz CT molecular complexity index is 8320. The molecule has 0 aliphatic rings. The number of benzene rings is 25. The Morgan fingerprint density at radius 2 is 0.277 bits per heavy atom. The van der Waals surface area contributed by atoms with Gasteiger partial charge >= 0.3 is 0 Å². The molecule has 0 N–H and O–H groups in total. The van der Waals surface area contributed by atoms with E-state index in [4.69, 9.17) is 0 Å². The fourth-order valence-corrected chi connectivity index (χ4v) is 20.6. The van der Waals surface area contributed by atoms with Crippen molar-refractivity contribution in [3.8, 4) is 89.0 Å². The Hall–Kier alpha value is -16.1. The van der Waals surface area contributed by atoms with Crippen LogP contribution in [0, 0.1) is 41.5 Å². The van der Waals surface area contributed by atoms with Gasteiger partial charge in [0.05, 0.1) is 0 Å². The molecule has 0 atom stereocenters. The molecule has 0 aromatic heterocycles. The lowest BCUT2D eigenvalue weighted by Crippen LogP contribution is -1.94. The quantitative estimate of drug-likeness (QED) is 0.133. The normalized spacial score (nSPS) is 11.5. The number of rotatable bonds is 8. The first-order chi connectivity index (χ1) is 64.0.